The number of likely N-dealkylation sites (N-methyl/N-ethyl adjacent to an activating group) is 1. The number of nitrogens with one attached hydrogen (secondary N) is 1. The molecule has 2 rings (SSSR count). The average Bonchev–Trinajstić information content (AvgIpc) is 2.77. The number of rotatable bonds is 5. The van der Waals surface area contributed by atoms with Crippen LogP contribution in [-0.2, 0) is 19.1 Å². The molecule has 0 spiro atoms. The first-order valence-electron chi connectivity index (χ1n) is 7.42. The molecule has 1 heterocycles. The van der Waals surface area contributed by atoms with Crippen molar-refractivity contribution in [2.24, 2.45) is 0 Å². The molecule has 2 unspecified atom stereocenters. The average molecular weight is 319 g/mol. The zero-order valence-corrected chi connectivity index (χ0v) is 13.5. The molecule has 2 atom stereocenters. The second kappa shape index (κ2) is 7.23. The number of hydrazine groups is 1. The number of nitrogens with zero attached hydrogens (tertiary/aromatic N) is 2. The number of hydrogen-bond acceptors (Lipinski definition) is 6. The number of esters is 1. The van der Waals surface area contributed by atoms with Crippen LogP contribution in [0.1, 0.15) is 19.8 Å². The van der Waals surface area contributed by atoms with Crippen molar-refractivity contribution < 1.29 is 19.1 Å². The van der Waals surface area contributed by atoms with Crippen LogP contribution in [0.2, 0.25) is 0 Å². The van der Waals surface area contributed by atoms with Crippen LogP contribution < -0.4 is 10.3 Å². The summed E-state index contributed by atoms with van der Waals surface area (Å²) in [5.74, 6) is -0.914. The summed E-state index contributed by atoms with van der Waals surface area (Å²) in [7, 11) is 3.07. The van der Waals surface area contributed by atoms with Gasteiger partial charge in [0.25, 0.3) is 0 Å². The molecule has 1 amide bonds. The summed E-state index contributed by atoms with van der Waals surface area (Å²) in [6.45, 7) is 1.79. The van der Waals surface area contributed by atoms with Gasteiger partial charge in [0.15, 0.2) is 11.9 Å². The van der Waals surface area contributed by atoms with Gasteiger partial charge < -0.3 is 10.1 Å². The second-order valence-corrected chi connectivity index (χ2v) is 5.38. The molecule has 7 heteroatoms. The summed E-state index contributed by atoms with van der Waals surface area (Å²) < 4.78 is 4.51. The lowest BCUT2D eigenvalue weighted by atomic mass is 10.2. The van der Waals surface area contributed by atoms with Gasteiger partial charge in [-0.1, -0.05) is 18.2 Å². The number of methoxy groups -OCH3 is 1. The van der Waals surface area contributed by atoms with Crippen molar-refractivity contribution in [3.63, 3.8) is 0 Å². The highest BCUT2D eigenvalue weighted by atomic mass is 16.5. The number of para-hydroxylation sites is 1. The van der Waals surface area contributed by atoms with Crippen LogP contribution in [0.4, 0.5) is 5.69 Å². The Labute approximate surface area is 135 Å². The predicted octanol–water partition coefficient (Wildman–Crippen LogP) is 0.706. The van der Waals surface area contributed by atoms with Crippen molar-refractivity contribution in [2.45, 2.75) is 32.0 Å². The monoisotopic (exact) mass is 319 g/mol. The van der Waals surface area contributed by atoms with E-state index in [1.807, 2.05) is 30.3 Å². The van der Waals surface area contributed by atoms with Gasteiger partial charge >= 0.3 is 5.97 Å². The van der Waals surface area contributed by atoms with Gasteiger partial charge in [0.1, 0.15) is 0 Å². The Morgan fingerprint density at radius 2 is 1.87 bits per heavy atom. The predicted molar refractivity (Wildman–Crippen MR) is 84.3 cm³/mol. The number of carbonyl (C=O) groups excluding carboxylic acids is 3. The van der Waals surface area contributed by atoms with Crippen molar-refractivity contribution in [3.05, 3.63) is 30.3 Å². The van der Waals surface area contributed by atoms with E-state index in [1.54, 1.807) is 24.0 Å². The third-order valence-corrected chi connectivity index (χ3v) is 3.93. The van der Waals surface area contributed by atoms with Crippen LogP contribution in [0.15, 0.2) is 30.3 Å². The molecule has 0 aromatic heterocycles. The topological polar surface area (TPSA) is 78.9 Å². The zero-order chi connectivity index (χ0) is 17.0. The number of amides is 1. The number of ether oxygens (including phenoxy) is 1. The van der Waals surface area contributed by atoms with Gasteiger partial charge in [-0.25, -0.2) is 5.01 Å². The van der Waals surface area contributed by atoms with Gasteiger partial charge in [-0.3, -0.25) is 19.4 Å². The van der Waals surface area contributed by atoms with E-state index in [9.17, 15) is 14.4 Å². The molecule has 124 valence electrons. The summed E-state index contributed by atoms with van der Waals surface area (Å²) in [6.07, 6.45) is -0.806. The summed E-state index contributed by atoms with van der Waals surface area (Å²) in [5.41, 5.74) is 0.811. The number of benzene rings is 1. The Hall–Kier alpha value is -2.41. The van der Waals surface area contributed by atoms with E-state index in [4.69, 9.17) is 0 Å². The smallest absolute Gasteiger partial charge is 0.306 e. The normalized spacial score (nSPS) is 21.3. The highest BCUT2D eigenvalue weighted by molar-refractivity contribution is 5.97. The molecular weight excluding hydrogens is 298 g/mol. The summed E-state index contributed by atoms with van der Waals surface area (Å²) in [6, 6.07) is 9.01. The molecule has 0 aliphatic carbocycles. The van der Waals surface area contributed by atoms with Crippen molar-refractivity contribution in [3.8, 4) is 0 Å². The highest BCUT2D eigenvalue weighted by Crippen LogP contribution is 2.26. The third kappa shape index (κ3) is 3.68. The van der Waals surface area contributed by atoms with Gasteiger partial charge in [0.05, 0.1) is 25.3 Å². The third-order valence-electron chi connectivity index (χ3n) is 3.93. The van der Waals surface area contributed by atoms with Crippen molar-refractivity contribution in [1.82, 2.24) is 10.3 Å². The van der Waals surface area contributed by atoms with Crippen molar-refractivity contribution in [2.75, 3.05) is 19.2 Å². The maximum atomic E-state index is 12.4. The van der Waals surface area contributed by atoms with Crippen LogP contribution >= 0.6 is 0 Å². The van der Waals surface area contributed by atoms with E-state index in [0.29, 0.717) is 0 Å². The largest absolute Gasteiger partial charge is 0.469 e. The van der Waals surface area contributed by atoms with Crippen LogP contribution in [-0.4, -0.2) is 49.0 Å². The Morgan fingerprint density at radius 3 is 2.48 bits per heavy atom. The van der Waals surface area contributed by atoms with E-state index in [0.717, 1.165) is 5.69 Å². The minimum atomic E-state index is -0.775. The van der Waals surface area contributed by atoms with Crippen molar-refractivity contribution >= 4 is 23.3 Å². The molecule has 1 aromatic rings. The lowest BCUT2D eigenvalue weighted by Crippen LogP contribution is -2.50. The van der Waals surface area contributed by atoms with Crippen LogP contribution in [0.25, 0.3) is 0 Å². The van der Waals surface area contributed by atoms with E-state index < -0.39 is 12.1 Å². The quantitative estimate of drug-likeness (QED) is 0.805. The molecule has 0 saturated carbocycles. The van der Waals surface area contributed by atoms with Crippen LogP contribution in [0.5, 0.6) is 0 Å². The van der Waals surface area contributed by atoms with Crippen molar-refractivity contribution in [1.29, 1.82) is 0 Å². The number of carbonyl (C=O) groups is 3. The lowest BCUT2D eigenvalue weighted by molar-refractivity contribution is -0.142. The molecule has 1 aliphatic rings. The molecule has 0 bridgehead atoms. The fourth-order valence-electron chi connectivity index (χ4n) is 2.49. The Morgan fingerprint density at radius 1 is 1.22 bits per heavy atom. The maximum Gasteiger partial charge on any atom is 0.306 e. The van der Waals surface area contributed by atoms with Crippen LogP contribution in [0, 0.1) is 0 Å². The first-order valence-corrected chi connectivity index (χ1v) is 7.42. The first kappa shape index (κ1) is 17.0. The van der Waals surface area contributed by atoms with Crippen LogP contribution in [0.3, 0.4) is 0 Å². The Bertz CT molecular complexity index is 590. The number of hydrogen-bond donors (Lipinski definition) is 1. The zero-order valence-electron chi connectivity index (χ0n) is 13.5. The molecule has 1 aliphatic heterocycles. The Balaban J connectivity index is 2.12. The van der Waals surface area contributed by atoms with Gasteiger partial charge in [-0.2, -0.15) is 0 Å². The van der Waals surface area contributed by atoms with Gasteiger partial charge in [-0.05, 0) is 19.1 Å². The van der Waals surface area contributed by atoms with Gasteiger partial charge in [0, 0.05) is 13.5 Å². The van der Waals surface area contributed by atoms with E-state index in [-0.39, 0.29) is 30.6 Å². The summed E-state index contributed by atoms with van der Waals surface area (Å²) >= 11 is 0. The minimum Gasteiger partial charge on any atom is -0.469 e. The summed E-state index contributed by atoms with van der Waals surface area (Å²) in [5, 5.41) is 6.25. The molecule has 1 fully saturated rings. The minimum absolute atomic E-state index is 0.0139. The standard InChI is InChI=1S/C16H21N3O4/c1-11-15(22)16(17-13(20)9-10-14(21)23-3)19(18(11)2)12-7-5-4-6-8-12/h4-8,11,16H,9-10H2,1-3H3,(H,17,20). The summed E-state index contributed by atoms with van der Waals surface area (Å²) in [4.78, 5) is 35.6. The molecule has 23 heavy (non-hydrogen) atoms. The number of anilines is 1. The first-order chi connectivity index (χ1) is 11.0. The highest BCUT2D eigenvalue weighted by Gasteiger charge is 2.43. The SMILES string of the molecule is COC(=O)CCC(=O)NC1C(=O)C(C)N(C)N1c1ccccc1. The van der Waals surface area contributed by atoms with E-state index >= 15 is 0 Å². The molecule has 7 nitrogen and oxygen atoms in total. The maximum absolute atomic E-state index is 12.4. The van der Waals surface area contributed by atoms with Gasteiger partial charge in [-0.15, -0.1) is 0 Å². The molecule has 1 aromatic carbocycles. The molecule has 1 saturated heterocycles. The molecule has 0 radical (unpaired) electrons. The van der Waals surface area contributed by atoms with E-state index in [1.165, 1.54) is 7.11 Å². The lowest BCUT2D eigenvalue weighted by Gasteiger charge is -2.31. The fourth-order valence-corrected chi connectivity index (χ4v) is 2.49. The molecule has 1 N–H and O–H groups in total. The second-order valence-electron chi connectivity index (χ2n) is 5.38. The van der Waals surface area contributed by atoms with Gasteiger partial charge in [0.2, 0.25) is 5.91 Å². The van der Waals surface area contributed by atoms with E-state index in [2.05, 4.69) is 10.1 Å². The number of Topliss-reactive ketones (excluding diaryl/α,β-unsaturated/α-hetero) is 1. The fraction of sp³-hybridized carbons (Fsp3) is 0.438. The molecular formula is C16H21N3O4. The number of ketones is 1. The Kier molecular flexibility index (Phi) is 5.33.